The number of carbonyl (C=O) groups is 1. The van der Waals surface area contributed by atoms with E-state index in [0.29, 0.717) is 12.4 Å². The molecule has 0 aliphatic carbocycles. The molecule has 142 valence electrons. The Morgan fingerprint density at radius 1 is 1.15 bits per heavy atom. The standard InChI is InChI=1S/C21H23NO4S/c1-15(14-27(2)24)26-20(23)11-17-12-22-18-9-6-10-19(21(17)18)25-13-16-7-4-3-5-8-16/h3-10,12,15,22H,11,13-14H2,1-2H3. The van der Waals surface area contributed by atoms with Crippen LogP contribution in [0.5, 0.6) is 5.75 Å². The summed E-state index contributed by atoms with van der Waals surface area (Å²) in [6, 6.07) is 15.7. The number of esters is 1. The monoisotopic (exact) mass is 385 g/mol. The fourth-order valence-electron chi connectivity index (χ4n) is 3.00. The minimum atomic E-state index is -1.00. The van der Waals surface area contributed by atoms with E-state index < -0.39 is 10.8 Å². The van der Waals surface area contributed by atoms with E-state index in [2.05, 4.69) is 4.98 Å². The third-order valence-electron chi connectivity index (χ3n) is 4.12. The maximum Gasteiger partial charge on any atom is 0.310 e. The van der Waals surface area contributed by atoms with Crippen molar-refractivity contribution in [2.24, 2.45) is 0 Å². The van der Waals surface area contributed by atoms with Crippen LogP contribution in [0.4, 0.5) is 0 Å². The summed E-state index contributed by atoms with van der Waals surface area (Å²) in [6.07, 6.45) is 3.17. The summed E-state index contributed by atoms with van der Waals surface area (Å²) in [5.74, 6) is 0.722. The minimum Gasteiger partial charge on any atom is -0.488 e. The summed E-state index contributed by atoms with van der Waals surface area (Å²) in [6.45, 7) is 2.21. The van der Waals surface area contributed by atoms with E-state index in [9.17, 15) is 9.00 Å². The van der Waals surface area contributed by atoms with Crippen molar-refractivity contribution >= 4 is 27.7 Å². The largest absolute Gasteiger partial charge is 0.488 e. The number of ether oxygens (including phenoxy) is 2. The zero-order valence-corrected chi connectivity index (χ0v) is 16.3. The van der Waals surface area contributed by atoms with Gasteiger partial charge in [0.15, 0.2) is 0 Å². The Bertz CT molecular complexity index is 936. The van der Waals surface area contributed by atoms with Crippen LogP contribution in [-0.4, -0.2) is 33.3 Å². The van der Waals surface area contributed by atoms with Gasteiger partial charge in [0.25, 0.3) is 0 Å². The van der Waals surface area contributed by atoms with E-state index in [1.807, 2.05) is 54.7 Å². The molecule has 5 nitrogen and oxygen atoms in total. The number of aromatic nitrogens is 1. The lowest BCUT2D eigenvalue weighted by atomic mass is 10.1. The van der Waals surface area contributed by atoms with Gasteiger partial charge < -0.3 is 14.5 Å². The SMILES string of the molecule is CC(CS(C)=O)OC(=O)Cc1c[nH]c2cccc(OCc3ccccc3)c12. The molecule has 3 rings (SSSR count). The number of H-pyrrole nitrogens is 1. The van der Waals surface area contributed by atoms with Gasteiger partial charge in [0.1, 0.15) is 18.5 Å². The molecule has 0 amide bonds. The van der Waals surface area contributed by atoms with Crippen molar-refractivity contribution in [3.8, 4) is 5.75 Å². The van der Waals surface area contributed by atoms with Crippen molar-refractivity contribution in [3.63, 3.8) is 0 Å². The highest BCUT2D eigenvalue weighted by molar-refractivity contribution is 7.84. The second-order valence-corrected chi connectivity index (χ2v) is 7.96. The first-order valence-electron chi connectivity index (χ1n) is 8.78. The van der Waals surface area contributed by atoms with Crippen LogP contribution < -0.4 is 4.74 Å². The Balaban J connectivity index is 1.74. The van der Waals surface area contributed by atoms with Crippen molar-refractivity contribution in [1.29, 1.82) is 0 Å². The van der Waals surface area contributed by atoms with E-state index in [1.54, 1.807) is 13.2 Å². The van der Waals surface area contributed by atoms with E-state index in [4.69, 9.17) is 9.47 Å². The molecule has 0 fully saturated rings. The molecule has 1 aromatic heterocycles. The lowest BCUT2D eigenvalue weighted by Crippen LogP contribution is -2.21. The number of hydrogen-bond donors (Lipinski definition) is 1. The van der Waals surface area contributed by atoms with Gasteiger partial charge in [-0.2, -0.15) is 0 Å². The summed E-state index contributed by atoms with van der Waals surface area (Å²) >= 11 is 0. The molecule has 3 aromatic rings. The summed E-state index contributed by atoms with van der Waals surface area (Å²) in [5.41, 5.74) is 2.81. The van der Waals surface area contributed by atoms with Gasteiger partial charge in [-0.1, -0.05) is 36.4 Å². The highest BCUT2D eigenvalue weighted by Crippen LogP contribution is 2.30. The van der Waals surface area contributed by atoms with Crippen LogP contribution in [-0.2, 0) is 33.4 Å². The second-order valence-electron chi connectivity index (χ2n) is 6.48. The molecule has 27 heavy (non-hydrogen) atoms. The van der Waals surface area contributed by atoms with Gasteiger partial charge in [-0.15, -0.1) is 0 Å². The lowest BCUT2D eigenvalue weighted by Gasteiger charge is -2.12. The zero-order valence-electron chi connectivity index (χ0n) is 15.4. The van der Waals surface area contributed by atoms with Crippen molar-refractivity contribution < 1.29 is 18.5 Å². The molecule has 0 spiro atoms. The molecule has 2 aromatic carbocycles. The predicted molar refractivity (Wildman–Crippen MR) is 107 cm³/mol. The Labute approximate surface area is 161 Å². The van der Waals surface area contributed by atoms with Crippen molar-refractivity contribution in [3.05, 3.63) is 65.9 Å². The molecule has 0 aliphatic heterocycles. The Hall–Kier alpha value is -2.60. The number of aromatic amines is 1. The maximum absolute atomic E-state index is 12.3. The number of nitrogens with one attached hydrogen (secondary N) is 1. The molecular formula is C21H23NO4S. The average molecular weight is 385 g/mol. The fraction of sp³-hybridized carbons (Fsp3) is 0.286. The minimum absolute atomic E-state index is 0.131. The van der Waals surface area contributed by atoms with E-state index in [1.165, 1.54) is 0 Å². The number of fused-ring (bicyclic) bond motifs is 1. The number of rotatable bonds is 8. The highest BCUT2D eigenvalue weighted by Gasteiger charge is 2.16. The van der Waals surface area contributed by atoms with Gasteiger partial charge in [-0.3, -0.25) is 9.00 Å². The molecule has 1 N–H and O–H groups in total. The molecule has 6 heteroatoms. The van der Waals surface area contributed by atoms with Crippen LogP contribution in [0.1, 0.15) is 18.1 Å². The van der Waals surface area contributed by atoms with Crippen molar-refractivity contribution in [1.82, 2.24) is 4.98 Å². The number of hydrogen-bond acceptors (Lipinski definition) is 4. The van der Waals surface area contributed by atoms with Crippen LogP contribution in [0.25, 0.3) is 10.9 Å². The summed E-state index contributed by atoms with van der Waals surface area (Å²) in [4.78, 5) is 15.4. The van der Waals surface area contributed by atoms with Crippen molar-refractivity contribution in [2.75, 3.05) is 12.0 Å². The van der Waals surface area contributed by atoms with Crippen LogP contribution >= 0.6 is 0 Å². The molecule has 0 bridgehead atoms. The first kappa shape index (κ1) is 19.2. The van der Waals surface area contributed by atoms with E-state index in [0.717, 1.165) is 27.8 Å². The van der Waals surface area contributed by atoms with Gasteiger partial charge >= 0.3 is 5.97 Å². The van der Waals surface area contributed by atoms with Crippen LogP contribution in [0, 0.1) is 0 Å². The molecule has 0 saturated heterocycles. The molecular weight excluding hydrogens is 362 g/mol. The predicted octanol–water partition coefficient (Wildman–Crippen LogP) is 3.60. The molecule has 2 unspecified atom stereocenters. The van der Waals surface area contributed by atoms with Crippen LogP contribution in [0.15, 0.2) is 54.7 Å². The fourth-order valence-corrected chi connectivity index (χ4v) is 3.73. The van der Waals surface area contributed by atoms with E-state index in [-0.39, 0.29) is 18.5 Å². The average Bonchev–Trinajstić information content (AvgIpc) is 3.03. The lowest BCUT2D eigenvalue weighted by molar-refractivity contribution is -0.146. The van der Waals surface area contributed by atoms with Gasteiger partial charge in [0.2, 0.25) is 0 Å². The first-order valence-corrected chi connectivity index (χ1v) is 10.5. The zero-order chi connectivity index (χ0) is 19.2. The number of benzene rings is 2. The third-order valence-corrected chi connectivity index (χ3v) is 5.06. The summed E-state index contributed by atoms with van der Waals surface area (Å²) in [5, 5.41) is 0.886. The normalized spacial score (nSPS) is 13.3. The van der Waals surface area contributed by atoms with E-state index >= 15 is 0 Å². The Morgan fingerprint density at radius 2 is 1.93 bits per heavy atom. The van der Waals surface area contributed by atoms with Gasteiger partial charge in [-0.05, 0) is 30.2 Å². The Morgan fingerprint density at radius 3 is 2.67 bits per heavy atom. The topological polar surface area (TPSA) is 68.4 Å². The molecule has 0 saturated carbocycles. The van der Waals surface area contributed by atoms with Gasteiger partial charge in [0, 0.05) is 34.2 Å². The van der Waals surface area contributed by atoms with Crippen LogP contribution in [0.3, 0.4) is 0 Å². The molecule has 0 radical (unpaired) electrons. The van der Waals surface area contributed by atoms with Crippen molar-refractivity contribution in [2.45, 2.75) is 26.1 Å². The molecule has 1 heterocycles. The van der Waals surface area contributed by atoms with Crippen LogP contribution in [0.2, 0.25) is 0 Å². The first-order chi connectivity index (χ1) is 13.0. The maximum atomic E-state index is 12.3. The molecule has 2 atom stereocenters. The summed E-state index contributed by atoms with van der Waals surface area (Å²) in [7, 11) is -1.00. The smallest absolute Gasteiger partial charge is 0.310 e. The molecule has 0 aliphatic rings. The Kier molecular flexibility index (Phi) is 6.29. The van der Waals surface area contributed by atoms with Gasteiger partial charge in [0.05, 0.1) is 12.2 Å². The third kappa shape index (κ3) is 5.20. The quantitative estimate of drug-likeness (QED) is 0.602. The summed E-state index contributed by atoms with van der Waals surface area (Å²) < 4.78 is 22.6. The number of carbonyl (C=O) groups excluding carboxylic acids is 1. The second kappa shape index (κ2) is 8.86. The van der Waals surface area contributed by atoms with Gasteiger partial charge in [-0.25, -0.2) is 0 Å². The highest BCUT2D eigenvalue weighted by atomic mass is 32.2.